The normalized spacial score (nSPS) is 44.9. The lowest BCUT2D eigenvalue weighted by atomic mass is 9.45. The fraction of sp³-hybridized carbons (Fsp3) is 0.692. The van der Waals surface area contributed by atoms with Crippen molar-refractivity contribution in [2.24, 2.45) is 28.6 Å². The van der Waals surface area contributed by atoms with Crippen LogP contribution in [0.15, 0.2) is 23.8 Å². The fourth-order valence-electron chi connectivity index (χ4n) is 7.90. The molecule has 0 bridgehead atoms. The lowest BCUT2D eigenvalue weighted by molar-refractivity contribution is -0.202. The third-order valence-corrected chi connectivity index (χ3v) is 10.2. The van der Waals surface area contributed by atoms with Gasteiger partial charge in [0.25, 0.3) is 0 Å². The molecular weight excluding hydrogens is 460 g/mol. The van der Waals surface area contributed by atoms with Crippen LogP contribution in [0.5, 0.6) is 0 Å². The molecule has 4 aliphatic carbocycles. The maximum absolute atomic E-state index is 13.6. The molecule has 3 saturated carbocycles. The van der Waals surface area contributed by atoms with E-state index in [9.17, 15) is 24.3 Å². The van der Waals surface area contributed by atoms with Crippen molar-refractivity contribution in [1.29, 1.82) is 0 Å². The fourth-order valence-corrected chi connectivity index (χ4v) is 8.42. The monoisotopic (exact) mass is 492 g/mol. The number of ether oxygens (including phenoxy) is 2. The predicted molar refractivity (Wildman–Crippen MR) is 124 cm³/mol. The number of hydrogen-bond acceptors (Lipinski definition) is 7. The summed E-state index contributed by atoms with van der Waals surface area (Å²) in [5, 5.41) is 11.7. The van der Waals surface area contributed by atoms with Crippen LogP contribution in [-0.2, 0) is 28.7 Å². The number of carbonyl (C=O) groups is 4. The molecule has 0 saturated heterocycles. The second-order valence-electron chi connectivity index (χ2n) is 10.9. The molecule has 1 N–H and O–H groups in total. The number of halogens is 1. The number of esters is 2. The molecule has 3 fully saturated rings. The van der Waals surface area contributed by atoms with Gasteiger partial charge in [0, 0.05) is 30.6 Å². The smallest absolute Gasteiger partial charge is 0.303 e. The Balaban J connectivity index is 1.82. The first-order chi connectivity index (χ1) is 15.7. The minimum atomic E-state index is -1.55. The van der Waals surface area contributed by atoms with Crippen LogP contribution in [0, 0.1) is 28.6 Å². The van der Waals surface area contributed by atoms with Crippen LogP contribution in [0.3, 0.4) is 0 Å². The first kappa shape index (κ1) is 25.1. The predicted octanol–water partition coefficient (Wildman–Crippen LogP) is 3.31. The molecule has 4 rings (SSSR count). The van der Waals surface area contributed by atoms with Gasteiger partial charge < -0.3 is 14.6 Å². The third-order valence-electron chi connectivity index (χ3n) is 9.31. The zero-order valence-corrected chi connectivity index (χ0v) is 21.1. The van der Waals surface area contributed by atoms with Gasteiger partial charge >= 0.3 is 11.9 Å². The zero-order chi connectivity index (χ0) is 25.3. The number of allylic oxidation sites excluding steroid dienone is 4. The van der Waals surface area contributed by atoms with Gasteiger partial charge in [-0.2, -0.15) is 0 Å². The van der Waals surface area contributed by atoms with Crippen molar-refractivity contribution in [1.82, 2.24) is 0 Å². The second kappa shape index (κ2) is 8.02. The van der Waals surface area contributed by atoms with E-state index < -0.39 is 51.7 Å². The molecule has 8 atom stereocenters. The van der Waals surface area contributed by atoms with Gasteiger partial charge in [-0.25, -0.2) is 0 Å². The minimum absolute atomic E-state index is 0.0826. The van der Waals surface area contributed by atoms with Crippen LogP contribution in [0.1, 0.15) is 60.3 Å². The van der Waals surface area contributed by atoms with Gasteiger partial charge in [-0.1, -0.05) is 32.4 Å². The van der Waals surface area contributed by atoms with E-state index in [1.165, 1.54) is 19.9 Å². The number of rotatable bonds is 4. The molecule has 0 aromatic rings. The summed E-state index contributed by atoms with van der Waals surface area (Å²) >= 11 is 7.43. The molecule has 0 aliphatic heterocycles. The van der Waals surface area contributed by atoms with Crippen LogP contribution in [-0.4, -0.2) is 51.8 Å². The number of alkyl halides is 1. The van der Waals surface area contributed by atoms with E-state index in [2.05, 4.69) is 0 Å². The highest BCUT2D eigenvalue weighted by molar-refractivity contribution is 6.26. The summed E-state index contributed by atoms with van der Waals surface area (Å²) < 4.78 is 10.9. The van der Waals surface area contributed by atoms with Crippen LogP contribution in [0.25, 0.3) is 0 Å². The van der Waals surface area contributed by atoms with Gasteiger partial charge in [0.15, 0.2) is 18.0 Å². The van der Waals surface area contributed by atoms with Crippen molar-refractivity contribution in [3.05, 3.63) is 23.8 Å². The Morgan fingerprint density at radius 3 is 2.47 bits per heavy atom. The number of ketones is 2. The first-order valence-corrected chi connectivity index (χ1v) is 12.3. The summed E-state index contributed by atoms with van der Waals surface area (Å²) in [5.74, 6) is -2.44. The number of fused-ring (bicyclic) bond motifs is 5. The van der Waals surface area contributed by atoms with Crippen LogP contribution in [0.2, 0.25) is 0 Å². The number of aliphatic hydroxyl groups is 1. The molecule has 186 valence electrons. The molecule has 0 unspecified atom stereocenters. The summed E-state index contributed by atoms with van der Waals surface area (Å²) in [6.07, 6.45) is 5.92. The highest BCUT2D eigenvalue weighted by Gasteiger charge is 2.76. The lowest BCUT2D eigenvalue weighted by Gasteiger charge is -2.64. The van der Waals surface area contributed by atoms with Crippen molar-refractivity contribution >= 4 is 35.1 Å². The van der Waals surface area contributed by atoms with Gasteiger partial charge in [0.1, 0.15) is 0 Å². The average Bonchev–Trinajstić information content (AvgIpc) is 2.95. The summed E-state index contributed by atoms with van der Waals surface area (Å²) in [5.41, 5.74) is -2.27. The zero-order valence-electron chi connectivity index (χ0n) is 20.4. The molecule has 0 spiro atoms. The summed E-state index contributed by atoms with van der Waals surface area (Å²) in [4.78, 5) is 48.3. The topological polar surface area (TPSA) is 107 Å². The minimum Gasteiger partial charge on any atom is -0.458 e. The van der Waals surface area contributed by atoms with Crippen molar-refractivity contribution < 1.29 is 33.8 Å². The van der Waals surface area contributed by atoms with Crippen molar-refractivity contribution in [2.75, 3.05) is 6.61 Å². The Labute approximate surface area is 204 Å². The SMILES string of the molecule is CC(=O)OCC(=O)[C@@]1(OC(C)=O)[C@H](C)C[C@H]2[C@@H]3CCC4=CC(=O)C=C[C@]4(C)[C@@]3(Cl)[C@@H](O)C[C@@]21C. The van der Waals surface area contributed by atoms with Crippen molar-refractivity contribution in [3.63, 3.8) is 0 Å². The van der Waals surface area contributed by atoms with Gasteiger partial charge in [-0.3, -0.25) is 19.2 Å². The Kier molecular flexibility index (Phi) is 5.92. The van der Waals surface area contributed by atoms with Crippen LogP contribution in [0.4, 0.5) is 0 Å². The summed E-state index contributed by atoms with van der Waals surface area (Å²) in [7, 11) is 0. The molecule has 4 aliphatic rings. The molecule has 34 heavy (non-hydrogen) atoms. The van der Waals surface area contributed by atoms with Gasteiger partial charge in [-0.15, -0.1) is 11.6 Å². The number of aliphatic hydroxyl groups excluding tert-OH is 1. The van der Waals surface area contributed by atoms with E-state index in [4.69, 9.17) is 21.1 Å². The number of carbonyl (C=O) groups excluding carboxylic acids is 4. The van der Waals surface area contributed by atoms with Gasteiger partial charge in [0.2, 0.25) is 5.78 Å². The van der Waals surface area contributed by atoms with E-state index in [1.807, 2.05) is 26.8 Å². The standard InChI is InChI=1S/C26H33ClO7/c1-14-10-20-19-7-6-17-11-18(30)8-9-23(17,4)25(19,27)21(31)12-24(20,5)26(14,34-16(3)29)22(32)13-33-15(2)28/h8-9,11,14,19-21,31H,6-7,10,12-13H2,1-5H3/t14-,19+,20+,21+,23+,24+,25+,26+/m1/s1. The Morgan fingerprint density at radius 2 is 1.85 bits per heavy atom. The van der Waals surface area contributed by atoms with E-state index in [0.29, 0.717) is 19.3 Å². The molecule has 0 heterocycles. The maximum atomic E-state index is 13.6. The number of Topliss-reactive ketones (excluding diaryl/α,β-unsaturated/α-hetero) is 1. The molecular formula is C26H33ClO7. The number of hydrogen-bond donors (Lipinski definition) is 1. The molecule has 0 aromatic carbocycles. The maximum Gasteiger partial charge on any atom is 0.303 e. The van der Waals surface area contributed by atoms with Crippen LogP contribution < -0.4 is 0 Å². The Bertz CT molecular complexity index is 1020. The van der Waals surface area contributed by atoms with Gasteiger partial charge in [-0.05, 0) is 49.7 Å². The first-order valence-electron chi connectivity index (χ1n) is 11.9. The van der Waals surface area contributed by atoms with E-state index in [-0.39, 0.29) is 30.0 Å². The third kappa shape index (κ3) is 3.12. The van der Waals surface area contributed by atoms with Gasteiger partial charge in [0.05, 0.1) is 11.0 Å². The van der Waals surface area contributed by atoms with E-state index in [0.717, 1.165) is 5.57 Å². The molecule has 8 heteroatoms. The molecule has 0 radical (unpaired) electrons. The molecule has 0 aromatic heterocycles. The summed E-state index contributed by atoms with van der Waals surface area (Å²) in [6, 6.07) is 0. The van der Waals surface area contributed by atoms with E-state index >= 15 is 0 Å². The highest BCUT2D eigenvalue weighted by atomic mass is 35.5. The Hall–Kier alpha value is -1.99. The van der Waals surface area contributed by atoms with Crippen molar-refractivity contribution in [2.45, 2.75) is 76.9 Å². The second-order valence-corrected chi connectivity index (χ2v) is 11.6. The average molecular weight is 493 g/mol. The van der Waals surface area contributed by atoms with E-state index in [1.54, 1.807) is 6.08 Å². The largest absolute Gasteiger partial charge is 0.458 e. The Morgan fingerprint density at radius 1 is 1.18 bits per heavy atom. The lowest BCUT2D eigenvalue weighted by Crippen LogP contribution is -2.69. The molecule has 0 amide bonds. The van der Waals surface area contributed by atoms with Crippen LogP contribution >= 0.6 is 11.6 Å². The summed E-state index contributed by atoms with van der Waals surface area (Å²) in [6.45, 7) is 7.71. The quantitative estimate of drug-likeness (QED) is 0.474. The highest BCUT2D eigenvalue weighted by Crippen LogP contribution is 2.72. The van der Waals surface area contributed by atoms with Crippen molar-refractivity contribution in [3.8, 4) is 0 Å². The molecule has 7 nitrogen and oxygen atoms in total.